The smallest absolute Gasteiger partial charge is 0.121 e. The second kappa shape index (κ2) is 6.72. The Hall–Kier alpha value is -1.69. The monoisotopic (exact) mass is 199 g/mol. The van der Waals surface area contributed by atoms with E-state index < -0.39 is 0 Å². The first kappa shape index (κ1) is 11.4. The van der Waals surface area contributed by atoms with Crippen LogP contribution in [0.3, 0.4) is 0 Å². The minimum atomic E-state index is 0.589. The van der Waals surface area contributed by atoms with E-state index in [4.69, 9.17) is 10.00 Å². The van der Waals surface area contributed by atoms with Gasteiger partial charge in [-0.3, -0.25) is 0 Å². The number of benzene rings is 1. The fourth-order valence-electron chi connectivity index (χ4n) is 1.12. The molecule has 0 heterocycles. The van der Waals surface area contributed by atoms with Gasteiger partial charge in [0.1, 0.15) is 19.6 Å². The Morgan fingerprint density at radius 3 is 2.67 bits per heavy atom. The maximum Gasteiger partial charge on any atom is 0.121 e. The van der Waals surface area contributed by atoms with Gasteiger partial charge in [-0.1, -0.05) is 25.3 Å². The molecule has 0 N–H and O–H groups in total. The van der Waals surface area contributed by atoms with Crippen molar-refractivity contribution >= 4 is 7.28 Å². The van der Waals surface area contributed by atoms with E-state index in [2.05, 4.69) is 19.0 Å². The second-order valence-electron chi connectivity index (χ2n) is 3.21. The Morgan fingerprint density at radius 1 is 1.33 bits per heavy atom. The summed E-state index contributed by atoms with van der Waals surface area (Å²) in [7, 11) is 1.16. The predicted molar refractivity (Wildman–Crippen MR) is 63.6 cm³/mol. The zero-order valence-corrected chi connectivity index (χ0v) is 8.94. The van der Waals surface area contributed by atoms with Crippen LogP contribution in [0.5, 0.6) is 5.75 Å². The van der Waals surface area contributed by atoms with E-state index in [1.807, 2.05) is 18.2 Å². The summed E-state index contributed by atoms with van der Waals surface area (Å²) < 4.78 is 5.46. The summed E-state index contributed by atoms with van der Waals surface area (Å²) >= 11 is 0. The third kappa shape index (κ3) is 4.37. The molecule has 0 bridgehead atoms. The summed E-state index contributed by atoms with van der Waals surface area (Å²) in [4.78, 5) is 0. The standard InChI is InChI=1S/C12H14BNO/c1-13-8-2-3-9-15-12-6-4-11(10-14)5-7-12/h2-7,13H,8-9H2,1H3/b3-2+. The van der Waals surface area contributed by atoms with E-state index in [1.54, 1.807) is 12.1 Å². The van der Waals surface area contributed by atoms with Crippen molar-refractivity contribution in [3.05, 3.63) is 42.0 Å². The largest absolute Gasteiger partial charge is 0.490 e. The molecule has 1 rings (SSSR count). The van der Waals surface area contributed by atoms with Gasteiger partial charge < -0.3 is 4.74 Å². The van der Waals surface area contributed by atoms with Crippen LogP contribution in [0.4, 0.5) is 0 Å². The van der Waals surface area contributed by atoms with E-state index in [9.17, 15) is 0 Å². The van der Waals surface area contributed by atoms with Gasteiger partial charge in [-0.25, -0.2) is 0 Å². The quantitative estimate of drug-likeness (QED) is 0.538. The highest BCUT2D eigenvalue weighted by atomic mass is 16.5. The molecule has 1 aromatic rings. The number of rotatable bonds is 5. The van der Waals surface area contributed by atoms with Gasteiger partial charge in [0.25, 0.3) is 0 Å². The van der Waals surface area contributed by atoms with Crippen LogP contribution in [0.2, 0.25) is 13.1 Å². The number of allylic oxidation sites excluding steroid dienone is 1. The van der Waals surface area contributed by atoms with Gasteiger partial charge in [-0.2, -0.15) is 5.26 Å². The summed E-state index contributed by atoms with van der Waals surface area (Å²) in [5.41, 5.74) is 0.656. The molecular weight excluding hydrogens is 185 g/mol. The van der Waals surface area contributed by atoms with Gasteiger partial charge in [0.05, 0.1) is 11.6 Å². The molecule has 0 aromatic heterocycles. The van der Waals surface area contributed by atoms with Crippen molar-refractivity contribution in [2.45, 2.75) is 13.1 Å². The number of hydrogen-bond acceptors (Lipinski definition) is 2. The average Bonchev–Trinajstić information content (AvgIpc) is 2.30. The molecule has 0 radical (unpaired) electrons. The molecule has 0 amide bonds. The lowest BCUT2D eigenvalue weighted by molar-refractivity contribution is 0.362. The first-order valence-corrected chi connectivity index (χ1v) is 5.14. The molecule has 0 spiro atoms. The first-order chi connectivity index (χ1) is 7.36. The van der Waals surface area contributed by atoms with Gasteiger partial charge in [0, 0.05) is 0 Å². The highest BCUT2D eigenvalue weighted by molar-refractivity contribution is 6.34. The molecule has 76 valence electrons. The molecule has 3 heteroatoms. The van der Waals surface area contributed by atoms with Gasteiger partial charge >= 0.3 is 0 Å². The van der Waals surface area contributed by atoms with E-state index in [0.717, 1.165) is 19.3 Å². The molecule has 2 nitrogen and oxygen atoms in total. The molecule has 0 aliphatic carbocycles. The van der Waals surface area contributed by atoms with Crippen molar-refractivity contribution in [2.75, 3.05) is 6.61 Å². The Balaban J connectivity index is 2.35. The molecular formula is C12H14BNO. The second-order valence-corrected chi connectivity index (χ2v) is 3.21. The molecule has 0 fully saturated rings. The Kier molecular flexibility index (Phi) is 5.10. The normalized spacial score (nSPS) is 9.87. The van der Waals surface area contributed by atoms with Gasteiger partial charge in [-0.15, -0.1) is 0 Å². The molecule has 0 saturated carbocycles. The fraction of sp³-hybridized carbons (Fsp3) is 0.250. The highest BCUT2D eigenvalue weighted by Crippen LogP contribution is 2.11. The molecule has 1 aromatic carbocycles. The third-order valence-electron chi connectivity index (χ3n) is 1.95. The van der Waals surface area contributed by atoms with Gasteiger partial charge in [0.2, 0.25) is 0 Å². The summed E-state index contributed by atoms with van der Waals surface area (Å²) in [5, 5.41) is 8.60. The van der Waals surface area contributed by atoms with E-state index in [0.29, 0.717) is 12.2 Å². The lowest BCUT2D eigenvalue weighted by Crippen LogP contribution is -1.93. The van der Waals surface area contributed by atoms with Crippen molar-refractivity contribution in [2.24, 2.45) is 0 Å². The minimum Gasteiger partial charge on any atom is -0.490 e. The van der Waals surface area contributed by atoms with Crippen LogP contribution in [0.1, 0.15) is 5.56 Å². The Labute approximate surface area is 91.4 Å². The van der Waals surface area contributed by atoms with Crippen molar-refractivity contribution in [3.63, 3.8) is 0 Å². The number of hydrogen-bond donors (Lipinski definition) is 0. The van der Waals surface area contributed by atoms with Crippen molar-refractivity contribution in [1.82, 2.24) is 0 Å². The summed E-state index contributed by atoms with van der Waals surface area (Å²) in [5.74, 6) is 0.801. The maximum absolute atomic E-state index is 8.60. The fourth-order valence-corrected chi connectivity index (χ4v) is 1.12. The van der Waals surface area contributed by atoms with E-state index in [1.165, 1.54) is 0 Å². The minimum absolute atomic E-state index is 0.589. The SMILES string of the molecule is CBC/C=C/COc1ccc(C#N)cc1. The van der Waals surface area contributed by atoms with Gasteiger partial charge in [0.15, 0.2) is 0 Å². The van der Waals surface area contributed by atoms with E-state index >= 15 is 0 Å². The van der Waals surface area contributed by atoms with Gasteiger partial charge in [-0.05, 0) is 24.3 Å². The van der Waals surface area contributed by atoms with Crippen LogP contribution in [0.25, 0.3) is 0 Å². The highest BCUT2D eigenvalue weighted by Gasteiger charge is 1.92. The number of ether oxygens (including phenoxy) is 1. The molecule has 15 heavy (non-hydrogen) atoms. The topological polar surface area (TPSA) is 33.0 Å². The third-order valence-corrected chi connectivity index (χ3v) is 1.95. The lowest BCUT2D eigenvalue weighted by Gasteiger charge is -2.01. The maximum atomic E-state index is 8.60. The van der Waals surface area contributed by atoms with Crippen LogP contribution < -0.4 is 4.74 Å². The van der Waals surface area contributed by atoms with Crippen LogP contribution >= 0.6 is 0 Å². The summed E-state index contributed by atoms with van der Waals surface area (Å²) in [6.45, 7) is 2.73. The van der Waals surface area contributed by atoms with Crippen LogP contribution in [-0.4, -0.2) is 13.9 Å². The van der Waals surface area contributed by atoms with E-state index in [-0.39, 0.29) is 0 Å². The zero-order chi connectivity index (χ0) is 10.9. The molecule has 0 unspecified atom stereocenters. The predicted octanol–water partition coefficient (Wildman–Crippen LogP) is 2.40. The van der Waals surface area contributed by atoms with Crippen molar-refractivity contribution in [1.29, 1.82) is 5.26 Å². The molecule has 0 aliphatic rings. The average molecular weight is 199 g/mol. The Morgan fingerprint density at radius 2 is 2.07 bits per heavy atom. The number of nitrogens with zero attached hydrogens (tertiary/aromatic N) is 1. The van der Waals surface area contributed by atoms with Crippen LogP contribution in [-0.2, 0) is 0 Å². The zero-order valence-electron chi connectivity index (χ0n) is 8.94. The summed E-state index contributed by atoms with van der Waals surface area (Å²) in [6, 6.07) is 9.20. The van der Waals surface area contributed by atoms with Crippen LogP contribution in [0, 0.1) is 11.3 Å². The number of nitriles is 1. The van der Waals surface area contributed by atoms with Crippen LogP contribution in [0.15, 0.2) is 36.4 Å². The molecule has 0 atom stereocenters. The Bertz CT molecular complexity index is 351. The molecule has 0 saturated heterocycles. The van der Waals surface area contributed by atoms with Crippen molar-refractivity contribution < 1.29 is 4.74 Å². The lowest BCUT2D eigenvalue weighted by atomic mass is 9.78. The molecule has 0 aliphatic heterocycles. The first-order valence-electron chi connectivity index (χ1n) is 5.14. The summed E-state index contributed by atoms with van der Waals surface area (Å²) in [6.07, 6.45) is 5.22. The van der Waals surface area contributed by atoms with Crippen molar-refractivity contribution in [3.8, 4) is 11.8 Å².